The number of carbonyl (C=O) groups excluding carboxylic acids is 3. The number of alkyl halides is 3. The molecule has 1 N–H and O–H groups in total. The number of imide groups is 1. The minimum atomic E-state index is -4.61. The van der Waals surface area contributed by atoms with E-state index in [1.165, 1.54) is 42.5 Å². The van der Waals surface area contributed by atoms with Crippen LogP contribution >= 0.6 is 23.5 Å². The van der Waals surface area contributed by atoms with E-state index in [1.807, 2.05) is 0 Å². The van der Waals surface area contributed by atoms with Gasteiger partial charge in [0, 0.05) is 31.0 Å². The predicted octanol–water partition coefficient (Wildman–Crippen LogP) is 4.30. The molecule has 6 nitrogen and oxygen atoms in total. The van der Waals surface area contributed by atoms with Crippen LogP contribution in [0.2, 0.25) is 0 Å². The van der Waals surface area contributed by atoms with E-state index in [0.29, 0.717) is 17.3 Å². The Kier molecular flexibility index (Phi) is 7.01. The Morgan fingerprint density at radius 2 is 1.90 bits per heavy atom. The van der Waals surface area contributed by atoms with Gasteiger partial charge in [-0.25, -0.2) is 9.37 Å². The number of amides is 3. The lowest BCUT2D eigenvalue weighted by Crippen LogP contribution is -2.37. The third kappa shape index (κ3) is 6.07. The SMILES string of the molecule is O=C(NCCN1C(=O)S/C(=C\c2ccc(F)cc2)C1=O)c1cccnc1SC(F)(F)F. The fraction of sp³-hybridized carbons (Fsp3) is 0.158. The van der Waals surface area contributed by atoms with Crippen LogP contribution in [-0.4, -0.2) is 45.5 Å². The zero-order chi connectivity index (χ0) is 22.6. The summed E-state index contributed by atoms with van der Waals surface area (Å²) in [6.07, 6.45) is 2.58. The van der Waals surface area contributed by atoms with Gasteiger partial charge >= 0.3 is 5.51 Å². The summed E-state index contributed by atoms with van der Waals surface area (Å²) in [7, 11) is 0. The third-order valence-corrected chi connectivity index (χ3v) is 5.55. The zero-order valence-corrected chi connectivity index (χ0v) is 17.1. The fourth-order valence-electron chi connectivity index (χ4n) is 2.53. The largest absolute Gasteiger partial charge is 0.447 e. The molecule has 3 amide bonds. The molecule has 0 spiro atoms. The molecule has 1 saturated heterocycles. The molecular formula is C19H13F4N3O3S2. The van der Waals surface area contributed by atoms with Crippen molar-refractivity contribution < 1.29 is 31.9 Å². The zero-order valence-electron chi connectivity index (χ0n) is 15.5. The molecule has 1 aromatic heterocycles. The Hall–Kier alpha value is -2.86. The van der Waals surface area contributed by atoms with Gasteiger partial charge in [-0.15, -0.1) is 0 Å². The monoisotopic (exact) mass is 471 g/mol. The minimum Gasteiger partial charge on any atom is -0.350 e. The van der Waals surface area contributed by atoms with Crippen LogP contribution in [0, 0.1) is 5.82 Å². The van der Waals surface area contributed by atoms with Crippen LogP contribution in [0.3, 0.4) is 0 Å². The molecule has 0 unspecified atom stereocenters. The van der Waals surface area contributed by atoms with Crippen molar-refractivity contribution in [3.8, 4) is 0 Å². The van der Waals surface area contributed by atoms with Crippen molar-refractivity contribution in [2.45, 2.75) is 10.5 Å². The molecule has 0 atom stereocenters. The van der Waals surface area contributed by atoms with Gasteiger partial charge in [0.1, 0.15) is 10.8 Å². The molecule has 0 radical (unpaired) electrons. The van der Waals surface area contributed by atoms with E-state index < -0.39 is 45.2 Å². The lowest BCUT2D eigenvalue weighted by Gasteiger charge is -2.14. The van der Waals surface area contributed by atoms with E-state index in [0.717, 1.165) is 11.1 Å². The van der Waals surface area contributed by atoms with Gasteiger partial charge in [0.2, 0.25) is 0 Å². The van der Waals surface area contributed by atoms with Crippen LogP contribution in [0.5, 0.6) is 0 Å². The second kappa shape index (κ2) is 9.52. The van der Waals surface area contributed by atoms with Gasteiger partial charge in [-0.05, 0) is 47.7 Å². The molecule has 162 valence electrons. The highest BCUT2D eigenvalue weighted by Crippen LogP contribution is 2.37. The van der Waals surface area contributed by atoms with Gasteiger partial charge in [-0.3, -0.25) is 19.3 Å². The molecule has 1 aromatic carbocycles. The summed E-state index contributed by atoms with van der Waals surface area (Å²) < 4.78 is 50.9. The van der Waals surface area contributed by atoms with Crippen LogP contribution in [0.4, 0.5) is 22.4 Å². The number of halogens is 4. The van der Waals surface area contributed by atoms with Crippen LogP contribution in [0.15, 0.2) is 52.5 Å². The molecule has 31 heavy (non-hydrogen) atoms. The van der Waals surface area contributed by atoms with Crippen molar-refractivity contribution in [1.29, 1.82) is 0 Å². The highest BCUT2D eigenvalue weighted by Gasteiger charge is 2.35. The third-order valence-electron chi connectivity index (χ3n) is 3.89. The Balaban J connectivity index is 1.61. The standard InChI is InChI=1S/C19H13F4N3O3S2/c20-12-5-3-11(4-6-12)10-14-17(28)26(18(29)30-14)9-8-24-15(27)13-2-1-7-25-16(13)31-19(21,22)23/h1-7,10H,8-9H2,(H,24,27)/b14-10-. The molecule has 2 aromatic rings. The first-order valence-electron chi connectivity index (χ1n) is 8.64. The van der Waals surface area contributed by atoms with Crippen molar-refractivity contribution in [3.05, 3.63) is 64.4 Å². The summed E-state index contributed by atoms with van der Waals surface area (Å²) in [5.41, 5.74) is -4.34. The molecule has 1 aliphatic heterocycles. The second-order valence-corrected chi connectivity index (χ2v) is 8.09. The molecule has 12 heteroatoms. The number of nitrogens with zero attached hydrogens (tertiary/aromatic N) is 2. The van der Waals surface area contributed by atoms with E-state index in [-0.39, 0.29) is 23.6 Å². The number of carbonyl (C=O) groups is 3. The quantitative estimate of drug-likeness (QED) is 0.385. The molecule has 1 aliphatic rings. The maximum absolute atomic E-state index is 13.0. The van der Waals surface area contributed by atoms with Crippen molar-refractivity contribution in [2.24, 2.45) is 0 Å². The number of pyridine rings is 1. The number of aromatic nitrogens is 1. The van der Waals surface area contributed by atoms with Gasteiger partial charge in [0.15, 0.2) is 0 Å². The average molecular weight is 471 g/mol. The second-order valence-electron chi connectivity index (χ2n) is 6.04. The molecule has 0 saturated carbocycles. The Bertz CT molecular complexity index is 1040. The van der Waals surface area contributed by atoms with E-state index in [2.05, 4.69) is 10.3 Å². The number of hydrogen-bond donors (Lipinski definition) is 1. The first-order chi connectivity index (χ1) is 14.6. The van der Waals surface area contributed by atoms with Crippen LogP contribution in [0.25, 0.3) is 6.08 Å². The summed E-state index contributed by atoms with van der Waals surface area (Å²) in [5, 5.41) is 1.34. The average Bonchev–Trinajstić information content (AvgIpc) is 2.96. The Labute approximate surface area is 182 Å². The van der Waals surface area contributed by atoms with E-state index in [9.17, 15) is 31.9 Å². The predicted molar refractivity (Wildman–Crippen MR) is 108 cm³/mol. The smallest absolute Gasteiger partial charge is 0.350 e. The molecular weight excluding hydrogens is 458 g/mol. The topological polar surface area (TPSA) is 79.4 Å². The molecule has 2 heterocycles. The highest BCUT2D eigenvalue weighted by atomic mass is 32.2. The van der Waals surface area contributed by atoms with Crippen molar-refractivity contribution in [3.63, 3.8) is 0 Å². The van der Waals surface area contributed by atoms with Gasteiger partial charge in [0.25, 0.3) is 17.1 Å². The summed E-state index contributed by atoms with van der Waals surface area (Å²) in [6.45, 7) is -0.328. The van der Waals surface area contributed by atoms with Crippen LogP contribution in [0.1, 0.15) is 15.9 Å². The Morgan fingerprint density at radius 1 is 1.19 bits per heavy atom. The lowest BCUT2D eigenvalue weighted by atomic mass is 10.2. The van der Waals surface area contributed by atoms with E-state index >= 15 is 0 Å². The molecule has 0 bridgehead atoms. The first-order valence-corrected chi connectivity index (χ1v) is 10.3. The summed E-state index contributed by atoms with van der Waals surface area (Å²) in [4.78, 5) is 41.4. The maximum atomic E-state index is 13.0. The summed E-state index contributed by atoms with van der Waals surface area (Å²) >= 11 is 0.191. The Morgan fingerprint density at radius 3 is 2.58 bits per heavy atom. The van der Waals surface area contributed by atoms with Gasteiger partial charge in [-0.2, -0.15) is 13.2 Å². The van der Waals surface area contributed by atoms with E-state index in [4.69, 9.17) is 0 Å². The summed E-state index contributed by atoms with van der Waals surface area (Å²) in [5.74, 6) is -1.83. The van der Waals surface area contributed by atoms with Crippen molar-refractivity contribution in [2.75, 3.05) is 13.1 Å². The minimum absolute atomic E-state index is 0.138. The number of rotatable bonds is 6. The number of nitrogens with one attached hydrogen (secondary N) is 1. The number of thioether (sulfide) groups is 2. The van der Waals surface area contributed by atoms with Gasteiger partial charge in [0.05, 0.1) is 10.5 Å². The molecule has 1 fully saturated rings. The van der Waals surface area contributed by atoms with Crippen LogP contribution < -0.4 is 5.32 Å². The highest BCUT2D eigenvalue weighted by molar-refractivity contribution is 8.18. The fourth-order valence-corrected chi connectivity index (χ4v) is 4.00. The van der Waals surface area contributed by atoms with Crippen molar-refractivity contribution in [1.82, 2.24) is 15.2 Å². The van der Waals surface area contributed by atoms with Gasteiger partial charge < -0.3 is 5.32 Å². The number of benzene rings is 1. The molecule has 0 aliphatic carbocycles. The molecule has 3 rings (SSSR count). The van der Waals surface area contributed by atoms with Crippen LogP contribution in [-0.2, 0) is 4.79 Å². The van der Waals surface area contributed by atoms with Crippen molar-refractivity contribution >= 4 is 46.7 Å². The normalized spacial score (nSPS) is 15.6. The first kappa shape index (κ1) is 22.8. The maximum Gasteiger partial charge on any atom is 0.447 e. The van der Waals surface area contributed by atoms with Gasteiger partial charge in [-0.1, -0.05) is 12.1 Å². The number of hydrogen-bond acceptors (Lipinski definition) is 6. The lowest BCUT2D eigenvalue weighted by molar-refractivity contribution is -0.122. The van der Waals surface area contributed by atoms with E-state index in [1.54, 1.807) is 0 Å². The summed E-state index contributed by atoms with van der Waals surface area (Å²) in [6, 6.07) is 7.86.